The zero-order valence-electron chi connectivity index (χ0n) is 3.41. The summed E-state index contributed by atoms with van der Waals surface area (Å²) in [6, 6.07) is 0. The van der Waals surface area contributed by atoms with Gasteiger partial charge in [0, 0.05) is 6.42 Å². The van der Waals surface area contributed by atoms with Crippen LogP contribution in [0.1, 0.15) is 13.3 Å². The van der Waals surface area contributed by atoms with E-state index in [1.807, 2.05) is 0 Å². The SMILES string of the molecule is CCC(F)(F)S. The molecule has 0 amide bonds. The minimum Gasteiger partial charge on any atom is -0.195 e. The highest BCUT2D eigenvalue weighted by Crippen LogP contribution is 2.20. The Kier molecular flexibility index (Phi) is 1.84. The van der Waals surface area contributed by atoms with Gasteiger partial charge in [0.2, 0.25) is 0 Å². The Hall–Kier alpha value is 0.210. The van der Waals surface area contributed by atoms with E-state index in [4.69, 9.17) is 0 Å². The number of hydrogen-bond acceptors (Lipinski definition) is 1. The predicted octanol–water partition coefficient (Wildman–Crippen LogP) is 1.92. The number of hydrogen-bond donors (Lipinski definition) is 1. The average molecular weight is 112 g/mol. The minimum absolute atomic E-state index is 0.198. The zero-order valence-corrected chi connectivity index (χ0v) is 4.30. The number of alkyl halides is 2. The van der Waals surface area contributed by atoms with E-state index >= 15 is 0 Å². The lowest BCUT2D eigenvalue weighted by molar-refractivity contribution is 0.104. The molecule has 0 spiro atoms. The molecule has 6 heavy (non-hydrogen) atoms. The van der Waals surface area contributed by atoms with Crippen molar-refractivity contribution in [2.75, 3.05) is 0 Å². The van der Waals surface area contributed by atoms with Gasteiger partial charge in [-0.2, -0.15) is 8.78 Å². The van der Waals surface area contributed by atoms with Crippen molar-refractivity contribution < 1.29 is 8.78 Å². The van der Waals surface area contributed by atoms with Crippen LogP contribution < -0.4 is 0 Å². The summed E-state index contributed by atoms with van der Waals surface area (Å²) in [4.78, 5) is 0. The van der Waals surface area contributed by atoms with E-state index in [9.17, 15) is 8.78 Å². The van der Waals surface area contributed by atoms with E-state index in [2.05, 4.69) is 12.6 Å². The van der Waals surface area contributed by atoms with Crippen molar-refractivity contribution in [3.8, 4) is 0 Å². The quantitative estimate of drug-likeness (QED) is 0.492. The van der Waals surface area contributed by atoms with E-state index in [0.29, 0.717) is 0 Å². The molecule has 3 heteroatoms. The van der Waals surface area contributed by atoms with Crippen LogP contribution in [0, 0.1) is 0 Å². The summed E-state index contributed by atoms with van der Waals surface area (Å²) < 4.78 is 22.6. The van der Waals surface area contributed by atoms with Crippen molar-refractivity contribution in [2.45, 2.75) is 18.6 Å². The zero-order chi connectivity index (χ0) is 5.21. The third kappa shape index (κ3) is 4.21. The van der Waals surface area contributed by atoms with Crippen molar-refractivity contribution in [2.24, 2.45) is 0 Å². The van der Waals surface area contributed by atoms with Gasteiger partial charge in [0.15, 0.2) is 0 Å². The third-order valence-electron chi connectivity index (χ3n) is 0.425. The van der Waals surface area contributed by atoms with Crippen LogP contribution in [0.2, 0.25) is 0 Å². The maximum atomic E-state index is 11.3. The van der Waals surface area contributed by atoms with Gasteiger partial charge < -0.3 is 0 Å². The first-order valence-corrected chi connectivity index (χ1v) is 2.11. The second-order valence-electron chi connectivity index (χ2n) is 1.02. The van der Waals surface area contributed by atoms with Crippen LogP contribution in [0.15, 0.2) is 0 Å². The summed E-state index contributed by atoms with van der Waals surface area (Å²) in [6.07, 6.45) is -0.198. The van der Waals surface area contributed by atoms with Crippen LogP contribution in [0.3, 0.4) is 0 Å². The summed E-state index contributed by atoms with van der Waals surface area (Å²) in [5, 5.41) is -2.76. The van der Waals surface area contributed by atoms with Gasteiger partial charge in [-0.15, -0.1) is 12.6 Å². The molecule has 0 aromatic heterocycles. The molecule has 0 unspecified atom stereocenters. The lowest BCUT2D eigenvalue weighted by atomic mass is 10.5. The first kappa shape index (κ1) is 6.21. The first-order chi connectivity index (χ1) is 2.56. The fraction of sp³-hybridized carbons (Fsp3) is 1.00. The lowest BCUT2D eigenvalue weighted by Gasteiger charge is -2.00. The fourth-order valence-electron chi connectivity index (χ4n) is 0. The van der Waals surface area contributed by atoms with Crippen LogP contribution in [-0.2, 0) is 0 Å². The van der Waals surface area contributed by atoms with Crippen molar-refractivity contribution in [3.63, 3.8) is 0 Å². The molecular weight excluding hydrogens is 106 g/mol. The maximum Gasteiger partial charge on any atom is 0.290 e. The van der Waals surface area contributed by atoms with Gasteiger partial charge in [0.25, 0.3) is 5.25 Å². The Morgan fingerprint density at radius 2 is 1.83 bits per heavy atom. The highest BCUT2D eigenvalue weighted by Gasteiger charge is 2.17. The van der Waals surface area contributed by atoms with Gasteiger partial charge in [-0.05, 0) is 0 Å². The smallest absolute Gasteiger partial charge is 0.195 e. The number of thiol groups is 1. The fourth-order valence-corrected chi connectivity index (χ4v) is 0. The topological polar surface area (TPSA) is 0 Å². The first-order valence-electron chi connectivity index (χ1n) is 1.66. The Bertz CT molecular complexity index is 38.5. The molecule has 0 aromatic carbocycles. The molecule has 0 aromatic rings. The van der Waals surface area contributed by atoms with E-state index in [0.717, 1.165) is 0 Å². The van der Waals surface area contributed by atoms with Crippen molar-refractivity contribution in [1.82, 2.24) is 0 Å². The molecule has 0 saturated heterocycles. The summed E-state index contributed by atoms with van der Waals surface area (Å²) in [5.41, 5.74) is 0. The number of rotatable bonds is 1. The van der Waals surface area contributed by atoms with Gasteiger partial charge in [-0.25, -0.2) is 0 Å². The molecule has 0 radical (unpaired) electrons. The Morgan fingerprint density at radius 3 is 1.83 bits per heavy atom. The van der Waals surface area contributed by atoms with E-state index in [1.54, 1.807) is 0 Å². The monoisotopic (exact) mass is 112 g/mol. The Labute approximate surface area is 41.0 Å². The van der Waals surface area contributed by atoms with Crippen LogP contribution in [0.4, 0.5) is 8.78 Å². The second kappa shape index (κ2) is 1.78. The van der Waals surface area contributed by atoms with Gasteiger partial charge in [-0.3, -0.25) is 0 Å². The molecule has 0 rings (SSSR count). The summed E-state index contributed by atoms with van der Waals surface area (Å²) in [6.45, 7) is 1.38. The second-order valence-corrected chi connectivity index (χ2v) is 1.67. The number of halogens is 2. The largest absolute Gasteiger partial charge is 0.290 e. The highest BCUT2D eigenvalue weighted by atomic mass is 32.1. The molecule has 38 valence electrons. The van der Waals surface area contributed by atoms with Crippen LogP contribution in [0.5, 0.6) is 0 Å². The van der Waals surface area contributed by atoms with Gasteiger partial charge in [0.1, 0.15) is 0 Å². The summed E-state index contributed by atoms with van der Waals surface area (Å²) in [7, 11) is 0. The van der Waals surface area contributed by atoms with Crippen LogP contribution in [0.25, 0.3) is 0 Å². The standard InChI is InChI=1S/C3H6F2S/c1-2-3(4,5)6/h6H,2H2,1H3. The molecular formula is C3H6F2S. The van der Waals surface area contributed by atoms with Crippen LogP contribution >= 0.6 is 12.6 Å². The molecule has 0 aliphatic carbocycles. The minimum atomic E-state index is -2.76. The molecule has 0 aliphatic heterocycles. The molecule has 0 atom stereocenters. The molecule has 0 fully saturated rings. The molecule has 0 N–H and O–H groups in total. The summed E-state index contributed by atoms with van der Waals surface area (Å²) >= 11 is 2.92. The van der Waals surface area contributed by atoms with Crippen molar-refractivity contribution >= 4 is 12.6 Å². The normalized spacial score (nSPS) is 12.0. The Balaban J connectivity index is 3.17. The van der Waals surface area contributed by atoms with E-state index < -0.39 is 5.25 Å². The van der Waals surface area contributed by atoms with E-state index in [-0.39, 0.29) is 6.42 Å². The average Bonchev–Trinajstić information content (AvgIpc) is 1.35. The lowest BCUT2D eigenvalue weighted by Crippen LogP contribution is -2.00. The summed E-state index contributed by atoms with van der Waals surface area (Å²) in [5.74, 6) is 0. The van der Waals surface area contributed by atoms with Gasteiger partial charge in [0.05, 0.1) is 0 Å². The third-order valence-corrected chi connectivity index (χ3v) is 0.742. The van der Waals surface area contributed by atoms with Gasteiger partial charge >= 0.3 is 0 Å². The van der Waals surface area contributed by atoms with E-state index in [1.165, 1.54) is 6.92 Å². The van der Waals surface area contributed by atoms with Crippen LogP contribution in [-0.4, -0.2) is 5.25 Å². The van der Waals surface area contributed by atoms with Gasteiger partial charge in [-0.1, -0.05) is 6.92 Å². The molecule has 0 saturated carbocycles. The van der Waals surface area contributed by atoms with Crippen molar-refractivity contribution in [3.05, 3.63) is 0 Å². The highest BCUT2D eigenvalue weighted by molar-refractivity contribution is 7.81. The maximum absolute atomic E-state index is 11.3. The Morgan fingerprint density at radius 1 is 1.67 bits per heavy atom. The molecule has 0 nitrogen and oxygen atoms in total. The molecule has 0 bridgehead atoms. The van der Waals surface area contributed by atoms with Crippen molar-refractivity contribution in [1.29, 1.82) is 0 Å². The molecule has 0 aliphatic rings. The molecule has 0 heterocycles. The predicted molar refractivity (Wildman–Crippen MR) is 24.2 cm³/mol.